The minimum Gasteiger partial charge on any atom is -0.494 e. The molecule has 0 saturated carbocycles. The van der Waals surface area contributed by atoms with Crippen LogP contribution in [0.15, 0.2) is 61.3 Å². The Bertz CT molecular complexity index is 1190. The lowest BCUT2D eigenvalue weighted by Gasteiger charge is -2.30. The first-order valence-electron chi connectivity index (χ1n) is 11.6. The van der Waals surface area contributed by atoms with Gasteiger partial charge in [-0.2, -0.15) is 4.98 Å². The monoisotopic (exact) mass is 473 g/mol. The maximum Gasteiger partial charge on any atom is 0.247 e. The first-order chi connectivity index (χ1) is 17.1. The highest BCUT2D eigenvalue weighted by Gasteiger charge is 2.14. The zero-order chi connectivity index (χ0) is 24.6. The molecule has 2 aromatic carbocycles. The van der Waals surface area contributed by atoms with E-state index in [1.165, 1.54) is 6.08 Å². The van der Waals surface area contributed by atoms with Crippen molar-refractivity contribution >= 4 is 34.7 Å². The minimum absolute atomic E-state index is 0.242. The minimum atomic E-state index is -0.242. The van der Waals surface area contributed by atoms with E-state index in [0.717, 1.165) is 60.2 Å². The number of anilines is 5. The van der Waals surface area contributed by atoms with E-state index in [4.69, 9.17) is 4.74 Å². The Balaban J connectivity index is 1.45. The molecule has 1 aliphatic rings. The summed E-state index contributed by atoms with van der Waals surface area (Å²) in [5, 5.41) is 12.8. The van der Waals surface area contributed by atoms with Gasteiger partial charge in [-0.05, 0) is 42.8 Å². The fourth-order valence-corrected chi connectivity index (χ4v) is 3.84. The number of piperazine rings is 1. The highest BCUT2D eigenvalue weighted by atomic mass is 16.5. The van der Waals surface area contributed by atoms with E-state index in [-0.39, 0.29) is 5.91 Å². The second-order valence-corrected chi connectivity index (χ2v) is 8.22. The predicted molar refractivity (Wildman–Crippen MR) is 141 cm³/mol. The van der Waals surface area contributed by atoms with Gasteiger partial charge in [-0.3, -0.25) is 4.79 Å². The van der Waals surface area contributed by atoms with Crippen LogP contribution in [0.4, 0.5) is 28.8 Å². The molecule has 0 bridgehead atoms. The highest BCUT2D eigenvalue weighted by Crippen LogP contribution is 2.32. The topological polar surface area (TPSA) is 103 Å². The van der Waals surface area contributed by atoms with Crippen molar-refractivity contribution in [3.63, 3.8) is 0 Å². The van der Waals surface area contributed by atoms with Crippen molar-refractivity contribution in [3.8, 4) is 5.75 Å². The molecule has 3 aromatic rings. The number of hydrogen-bond donors (Lipinski definition) is 4. The summed E-state index contributed by atoms with van der Waals surface area (Å²) in [5.41, 5.74) is 4.57. The van der Waals surface area contributed by atoms with Crippen LogP contribution in [0.2, 0.25) is 0 Å². The van der Waals surface area contributed by atoms with Crippen LogP contribution in [0.25, 0.3) is 0 Å². The Morgan fingerprint density at radius 3 is 2.83 bits per heavy atom. The van der Waals surface area contributed by atoms with Gasteiger partial charge in [0.05, 0.1) is 12.8 Å². The van der Waals surface area contributed by atoms with Crippen LogP contribution in [0, 0.1) is 6.92 Å². The Morgan fingerprint density at radius 2 is 2.06 bits per heavy atom. The molecule has 0 unspecified atom stereocenters. The van der Waals surface area contributed by atoms with E-state index in [9.17, 15) is 4.79 Å². The Morgan fingerprint density at radius 1 is 1.23 bits per heavy atom. The molecule has 1 aliphatic heterocycles. The Kier molecular flexibility index (Phi) is 7.79. The predicted octanol–water partition coefficient (Wildman–Crippen LogP) is 3.68. The number of rotatable bonds is 9. The van der Waals surface area contributed by atoms with Crippen LogP contribution < -0.4 is 30.9 Å². The lowest BCUT2D eigenvalue weighted by molar-refractivity contribution is -0.111. The number of nitrogens with zero attached hydrogens (tertiary/aromatic N) is 3. The first-order valence-corrected chi connectivity index (χ1v) is 11.6. The lowest BCUT2D eigenvalue weighted by Crippen LogP contribution is -2.43. The average Bonchev–Trinajstić information content (AvgIpc) is 2.89. The maximum absolute atomic E-state index is 11.6. The highest BCUT2D eigenvalue weighted by molar-refractivity contribution is 5.98. The number of methoxy groups -OCH3 is 1. The van der Waals surface area contributed by atoms with Crippen LogP contribution in [0.5, 0.6) is 5.75 Å². The molecule has 1 amide bonds. The average molecular weight is 474 g/mol. The van der Waals surface area contributed by atoms with E-state index in [1.807, 2.05) is 43.3 Å². The Hall–Kier alpha value is -4.11. The van der Waals surface area contributed by atoms with E-state index in [0.29, 0.717) is 18.2 Å². The van der Waals surface area contributed by atoms with E-state index in [2.05, 4.69) is 48.8 Å². The maximum atomic E-state index is 11.6. The normalized spacial score (nSPS) is 13.1. The zero-order valence-electron chi connectivity index (χ0n) is 20.1. The third-order valence-corrected chi connectivity index (χ3v) is 5.73. The van der Waals surface area contributed by atoms with Crippen LogP contribution in [-0.2, 0) is 11.3 Å². The number of ether oxygens (including phenoxy) is 1. The second-order valence-electron chi connectivity index (χ2n) is 8.22. The van der Waals surface area contributed by atoms with Gasteiger partial charge in [0.15, 0.2) is 0 Å². The van der Waals surface area contributed by atoms with Gasteiger partial charge in [0.25, 0.3) is 0 Å². The lowest BCUT2D eigenvalue weighted by atomic mass is 10.2. The van der Waals surface area contributed by atoms with E-state index in [1.54, 1.807) is 13.3 Å². The molecule has 2 heterocycles. The molecule has 182 valence electrons. The molecule has 0 atom stereocenters. The molecular formula is C26H31N7O2. The quantitative estimate of drug-likeness (QED) is 0.349. The van der Waals surface area contributed by atoms with Crippen LogP contribution in [0.3, 0.4) is 0 Å². The van der Waals surface area contributed by atoms with Crippen molar-refractivity contribution in [2.24, 2.45) is 0 Å². The molecule has 4 N–H and O–H groups in total. The van der Waals surface area contributed by atoms with Crippen molar-refractivity contribution in [2.45, 2.75) is 13.5 Å². The van der Waals surface area contributed by atoms with Gasteiger partial charge >= 0.3 is 0 Å². The van der Waals surface area contributed by atoms with Gasteiger partial charge in [-0.25, -0.2) is 4.98 Å². The summed E-state index contributed by atoms with van der Waals surface area (Å²) in [6, 6.07) is 13.7. The molecule has 1 fully saturated rings. The summed E-state index contributed by atoms with van der Waals surface area (Å²) in [6.07, 6.45) is 3.03. The van der Waals surface area contributed by atoms with Gasteiger partial charge in [0, 0.05) is 61.9 Å². The molecule has 4 rings (SSSR count). The molecule has 1 saturated heterocycles. The van der Waals surface area contributed by atoms with E-state index >= 15 is 0 Å². The summed E-state index contributed by atoms with van der Waals surface area (Å²) in [4.78, 5) is 23.0. The summed E-state index contributed by atoms with van der Waals surface area (Å²) >= 11 is 0. The van der Waals surface area contributed by atoms with Gasteiger partial charge in [0.1, 0.15) is 11.6 Å². The SMILES string of the molecule is C=CC(=O)Nc1cccc(CNc2nc(Nc3ccc(N4CCNCC4)cc3OC)ncc2C)c1. The van der Waals surface area contributed by atoms with Crippen LogP contribution >= 0.6 is 0 Å². The number of aromatic nitrogens is 2. The van der Waals surface area contributed by atoms with Gasteiger partial charge in [-0.1, -0.05) is 18.7 Å². The van der Waals surface area contributed by atoms with Crippen molar-refractivity contribution < 1.29 is 9.53 Å². The summed E-state index contributed by atoms with van der Waals surface area (Å²) in [7, 11) is 1.66. The third-order valence-electron chi connectivity index (χ3n) is 5.73. The standard InChI is InChI=1S/C26H31N7O2/c1-4-24(34)30-20-7-5-6-19(14-20)17-28-25-18(2)16-29-26(32-25)31-22-9-8-21(15-23(22)35-3)33-12-10-27-11-13-33/h4-9,14-16,27H,1,10-13,17H2,2-3H3,(H,30,34)(H2,28,29,31,32). The number of aryl methyl sites for hydroxylation is 1. The Labute approximate surface area is 205 Å². The molecule has 35 heavy (non-hydrogen) atoms. The van der Waals surface area contributed by atoms with Crippen LogP contribution in [-0.4, -0.2) is 49.2 Å². The van der Waals surface area contributed by atoms with Crippen molar-refractivity contribution in [2.75, 3.05) is 54.1 Å². The molecule has 9 nitrogen and oxygen atoms in total. The first kappa shape index (κ1) is 24.0. The number of benzene rings is 2. The zero-order valence-corrected chi connectivity index (χ0v) is 20.1. The molecule has 0 spiro atoms. The number of carbonyl (C=O) groups is 1. The van der Waals surface area contributed by atoms with Crippen molar-refractivity contribution in [1.29, 1.82) is 0 Å². The molecule has 9 heteroatoms. The van der Waals surface area contributed by atoms with Crippen molar-refractivity contribution in [1.82, 2.24) is 15.3 Å². The number of nitrogens with one attached hydrogen (secondary N) is 4. The fourth-order valence-electron chi connectivity index (χ4n) is 3.84. The van der Waals surface area contributed by atoms with Gasteiger partial charge in [0.2, 0.25) is 11.9 Å². The number of hydrogen-bond acceptors (Lipinski definition) is 8. The van der Waals surface area contributed by atoms with Gasteiger partial charge < -0.3 is 30.9 Å². The molecule has 1 aromatic heterocycles. The van der Waals surface area contributed by atoms with Crippen LogP contribution in [0.1, 0.15) is 11.1 Å². The van der Waals surface area contributed by atoms with E-state index < -0.39 is 0 Å². The second kappa shape index (κ2) is 11.3. The smallest absolute Gasteiger partial charge is 0.247 e. The van der Waals surface area contributed by atoms with Gasteiger partial charge in [-0.15, -0.1) is 0 Å². The number of amides is 1. The molecular weight excluding hydrogens is 442 g/mol. The summed E-state index contributed by atoms with van der Waals surface area (Å²) < 4.78 is 5.64. The summed E-state index contributed by atoms with van der Waals surface area (Å²) in [5.74, 6) is 1.68. The molecule has 0 radical (unpaired) electrons. The largest absolute Gasteiger partial charge is 0.494 e. The third kappa shape index (κ3) is 6.27. The summed E-state index contributed by atoms with van der Waals surface area (Å²) in [6.45, 7) is 9.86. The van der Waals surface area contributed by atoms with Crippen molar-refractivity contribution in [3.05, 3.63) is 72.4 Å². The molecule has 0 aliphatic carbocycles. The fraction of sp³-hybridized carbons (Fsp3) is 0.269. The number of carbonyl (C=O) groups excluding carboxylic acids is 1.